The highest BCUT2D eigenvalue weighted by Gasteiger charge is 2.71. The molecular weight excluding hydrogens is 564 g/mol. The number of rotatable bonds is 5. The average Bonchev–Trinajstić information content (AvgIpc) is 3.37. The van der Waals surface area contributed by atoms with Gasteiger partial charge in [0.1, 0.15) is 6.10 Å². The maximum Gasteiger partial charge on any atom is 0.201 e. The van der Waals surface area contributed by atoms with E-state index in [1.54, 1.807) is 0 Å². The number of hydrogen-bond donors (Lipinski definition) is 1. The first-order valence-electron chi connectivity index (χ1n) is 17.7. The summed E-state index contributed by atoms with van der Waals surface area (Å²) in [4.78, 5) is 25.0. The van der Waals surface area contributed by atoms with E-state index in [2.05, 4.69) is 40.0 Å². The highest BCUT2D eigenvalue weighted by Crippen LogP contribution is 2.63. The van der Waals surface area contributed by atoms with Crippen molar-refractivity contribution in [2.75, 3.05) is 6.54 Å². The molecule has 44 heavy (non-hydrogen) atoms. The smallest absolute Gasteiger partial charge is 0.201 e. The van der Waals surface area contributed by atoms with Gasteiger partial charge in [-0.3, -0.25) is 0 Å². The van der Waals surface area contributed by atoms with E-state index in [1.165, 1.54) is 12.8 Å². The molecule has 0 aromatic carbocycles. The van der Waals surface area contributed by atoms with Gasteiger partial charge < -0.3 is 24.4 Å². The molecule has 4 bridgehead atoms. The van der Waals surface area contributed by atoms with Crippen LogP contribution in [0.25, 0.3) is 0 Å². The molecule has 10 rings (SSSR count). The first-order valence-corrected chi connectivity index (χ1v) is 17.7. The van der Waals surface area contributed by atoms with E-state index in [1.807, 2.05) is 13.8 Å². The SMILES string of the molecule is CCN/N=C(/C[C@H]1O[C@@H]2O[C@]3(C)CC[C@H]4[C@H](C)CC[C@@H]([C@H]1C)[C@@]24OO3)[C@H]1O[C@@H]2O[C@]3(C)CC[C@H]4[C@H](C)CC[C@@H]([C@H]1C)[C@@]24OO3. The van der Waals surface area contributed by atoms with Crippen LogP contribution in [0.1, 0.15) is 106 Å². The number of ether oxygens (including phenoxy) is 4. The zero-order valence-electron chi connectivity index (χ0n) is 27.7. The molecule has 10 fully saturated rings. The molecule has 0 amide bonds. The standard InChI is InChI=1S/C34H54N2O8/c1-8-35-36-26(28-21(5)25-12-10-19(3)23-14-16-32(7)40-30(38-28)34(23,25)44-42-32)17-27-20(4)24-11-9-18(2)22-13-15-31(6)39-29(37-27)33(22,24)43-41-31/h18-25,27-30,35H,8-17H2,1-7H3/b36-26-/t18-,19-,20-,21-,22+,23+,24+,25+,27-,28+,29-,30-,31+,32+,33-,34-/m1/s1. The maximum absolute atomic E-state index is 7.05. The molecule has 16 atom stereocenters. The number of hydrogen-bond acceptors (Lipinski definition) is 10. The van der Waals surface area contributed by atoms with Crippen molar-refractivity contribution in [2.24, 2.45) is 52.4 Å². The van der Waals surface area contributed by atoms with E-state index < -0.39 is 35.4 Å². The van der Waals surface area contributed by atoms with Gasteiger partial charge in [0, 0.05) is 37.6 Å². The van der Waals surface area contributed by atoms with Gasteiger partial charge in [0.15, 0.2) is 23.8 Å². The topological polar surface area (TPSA) is 98.2 Å². The Hall–Kier alpha value is -0.850. The first-order chi connectivity index (χ1) is 21.0. The molecule has 248 valence electrons. The second-order valence-electron chi connectivity index (χ2n) is 16.1. The van der Waals surface area contributed by atoms with Crippen molar-refractivity contribution >= 4 is 5.71 Å². The van der Waals surface area contributed by atoms with Gasteiger partial charge in [-0.15, -0.1) is 0 Å². The fraction of sp³-hybridized carbons (Fsp3) is 0.971. The highest BCUT2D eigenvalue weighted by atomic mass is 17.3. The molecule has 0 radical (unpaired) electrons. The average molecular weight is 619 g/mol. The fourth-order valence-electron chi connectivity index (χ4n) is 11.1. The Morgan fingerprint density at radius 2 is 1.23 bits per heavy atom. The van der Waals surface area contributed by atoms with E-state index in [0.717, 1.165) is 50.8 Å². The summed E-state index contributed by atoms with van der Waals surface area (Å²) in [6, 6.07) is 0. The molecule has 0 unspecified atom stereocenters. The minimum Gasteiger partial charge on any atom is -0.345 e. The van der Waals surface area contributed by atoms with Gasteiger partial charge in [0.05, 0.1) is 11.8 Å². The summed E-state index contributed by atoms with van der Waals surface area (Å²) >= 11 is 0. The third kappa shape index (κ3) is 4.24. The Morgan fingerprint density at radius 3 is 1.80 bits per heavy atom. The zero-order chi connectivity index (χ0) is 30.6. The van der Waals surface area contributed by atoms with Crippen LogP contribution in [-0.4, -0.2) is 59.8 Å². The lowest BCUT2D eigenvalue weighted by Gasteiger charge is -2.61. The molecule has 10 heteroatoms. The third-order valence-corrected chi connectivity index (χ3v) is 13.6. The highest BCUT2D eigenvalue weighted by molar-refractivity contribution is 5.89. The molecule has 8 heterocycles. The summed E-state index contributed by atoms with van der Waals surface area (Å²) in [6.45, 7) is 16.1. The maximum atomic E-state index is 7.05. The van der Waals surface area contributed by atoms with Gasteiger partial charge >= 0.3 is 0 Å². The van der Waals surface area contributed by atoms with Crippen molar-refractivity contribution in [1.29, 1.82) is 0 Å². The molecule has 2 spiro atoms. The van der Waals surface area contributed by atoms with Crippen molar-refractivity contribution in [3.63, 3.8) is 0 Å². The van der Waals surface area contributed by atoms with Crippen LogP contribution in [0.15, 0.2) is 5.10 Å². The van der Waals surface area contributed by atoms with Crippen molar-refractivity contribution in [3.8, 4) is 0 Å². The van der Waals surface area contributed by atoms with Crippen LogP contribution in [0, 0.1) is 47.3 Å². The van der Waals surface area contributed by atoms with Gasteiger partial charge in [-0.2, -0.15) is 5.10 Å². The second-order valence-corrected chi connectivity index (χ2v) is 16.1. The predicted octanol–water partition coefficient (Wildman–Crippen LogP) is 5.84. The molecule has 2 saturated carbocycles. The van der Waals surface area contributed by atoms with E-state index >= 15 is 0 Å². The molecule has 10 nitrogen and oxygen atoms in total. The van der Waals surface area contributed by atoms with Gasteiger partial charge in [0.25, 0.3) is 0 Å². The van der Waals surface area contributed by atoms with Gasteiger partial charge in [-0.25, -0.2) is 19.6 Å². The molecule has 1 N–H and O–H groups in total. The predicted molar refractivity (Wildman–Crippen MR) is 159 cm³/mol. The molecule has 8 saturated heterocycles. The summed E-state index contributed by atoms with van der Waals surface area (Å²) < 4.78 is 27.4. The van der Waals surface area contributed by atoms with Gasteiger partial charge in [-0.05, 0) is 94.8 Å². The Kier molecular flexibility index (Phi) is 7.33. The lowest BCUT2D eigenvalue weighted by molar-refractivity contribution is -0.571. The minimum atomic E-state index is -0.806. The number of fused-ring (bicyclic) bond motifs is 4. The molecule has 10 aliphatic rings. The molecule has 0 aromatic heterocycles. The first kappa shape index (κ1) is 30.5. The van der Waals surface area contributed by atoms with Crippen LogP contribution in [0.4, 0.5) is 0 Å². The normalized spacial score (nSPS) is 58.0. The quantitative estimate of drug-likeness (QED) is 0.231. The summed E-state index contributed by atoms with van der Waals surface area (Å²) in [7, 11) is 0. The van der Waals surface area contributed by atoms with Crippen molar-refractivity contribution in [1.82, 2.24) is 5.43 Å². The van der Waals surface area contributed by atoms with Crippen molar-refractivity contribution in [2.45, 2.75) is 154 Å². The van der Waals surface area contributed by atoms with E-state index in [4.69, 9.17) is 43.6 Å². The van der Waals surface area contributed by atoms with Crippen molar-refractivity contribution in [3.05, 3.63) is 0 Å². The third-order valence-electron chi connectivity index (χ3n) is 13.6. The zero-order valence-corrected chi connectivity index (χ0v) is 27.7. The Labute approximate surface area is 262 Å². The molecule has 2 aliphatic carbocycles. The molecular formula is C34H54N2O8. The Balaban J connectivity index is 1.11. The summed E-state index contributed by atoms with van der Waals surface area (Å²) in [5.74, 6) is 1.05. The van der Waals surface area contributed by atoms with E-state index in [9.17, 15) is 0 Å². The number of hydrazone groups is 1. The van der Waals surface area contributed by atoms with Crippen LogP contribution in [-0.2, 0) is 38.5 Å². The number of nitrogens with zero attached hydrogens (tertiary/aromatic N) is 1. The van der Waals surface area contributed by atoms with E-state index in [0.29, 0.717) is 30.1 Å². The lowest BCUT2D eigenvalue weighted by atomic mass is 9.56. The molecule has 0 aromatic rings. The van der Waals surface area contributed by atoms with Gasteiger partial charge in [0.2, 0.25) is 11.6 Å². The summed E-state index contributed by atoms with van der Waals surface area (Å²) in [5, 5.41) is 5.02. The van der Waals surface area contributed by atoms with Crippen LogP contribution in [0.3, 0.4) is 0 Å². The molecule has 8 aliphatic heterocycles. The Bertz CT molecular complexity index is 1160. The largest absolute Gasteiger partial charge is 0.345 e. The van der Waals surface area contributed by atoms with Crippen LogP contribution >= 0.6 is 0 Å². The Morgan fingerprint density at radius 1 is 0.682 bits per heavy atom. The van der Waals surface area contributed by atoms with Gasteiger partial charge in [-0.1, -0.05) is 27.7 Å². The van der Waals surface area contributed by atoms with Crippen molar-refractivity contribution < 1.29 is 38.5 Å². The number of nitrogens with one attached hydrogen (secondary N) is 1. The minimum absolute atomic E-state index is 0.0944. The monoisotopic (exact) mass is 618 g/mol. The fourth-order valence-corrected chi connectivity index (χ4v) is 11.1. The second kappa shape index (κ2) is 10.6. The van der Waals surface area contributed by atoms with Crippen LogP contribution < -0.4 is 5.43 Å². The van der Waals surface area contributed by atoms with Crippen LogP contribution in [0.5, 0.6) is 0 Å². The van der Waals surface area contributed by atoms with Crippen LogP contribution in [0.2, 0.25) is 0 Å². The summed E-state index contributed by atoms with van der Waals surface area (Å²) in [6.07, 6.45) is 7.49. The van der Waals surface area contributed by atoms with E-state index in [-0.39, 0.29) is 35.9 Å². The summed E-state index contributed by atoms with van der Waals surface area (Å²) in [5.41, 5.74) is 3.10. The lowest BCUT2D eigenvalue weighted by Crippen LogP contribution is -2.71.